The number of carbonyl (C=O) groups excluding carboxylic acids is 2. The molecule has 0 aliphatic heterocycles. The second-order valence-corrected chi connectivity index (χ2v) is 4.17. The minimum atomic E-state index is -0.567. The summed E-state index contributed by atoms with van der Waals surface area (Å²) in [5.74, 6) is -0.733. The van der Waals surface area contributed by atoms with Crippen LogP contribution in [-0.4, -0.2) is 30.4 Å². The molecular formula is C12H20O4S. The summed E-state index contributed by atoms with van der Waals surface area (Å²) in [6, 6.07) is 0. The lowest BCUT2D eigenvalue weighted by Crippen LogP contribution is -2.20. The Morgan fingerprint density at radius 1 is 1.41 bits per heavy atom. The smallest absolute Gasteiger partial charge is 0.318 e. The number of thiol groups is 1. The Kier molecular flexibility index (Phi) is 9.62. The highest BCUT2D eigenvalue weighted by atomic mass is 32.1. The second-order valence-electron chi connectivity index (χ2n) is 3.55. The molecule has 0 aromatic heterocycles. The second kappa shape index (κ2) is 10.2. The Hall–Kier alpha value is -0.970. The highest BCUT2D eigenvalue weighted by molar-refractivity contribution is 7.81. The van der Waals surface area contributed by atoms with Gasteiger partial charge in [0.05, 0.1) is 6.61 Å². The third-order valence-electron chi connectivity index (χ3n) is 2.00. The topological polar surface area (TPSA) is 52.6 Å². The summed E-state index contributed by atoms with van der Waals surface area (Å²) in [5, 5.41) is -0.567. The van der Waals surface area contributed by atoms with E-state index >= 15 is 0 Å². The third kappa shape index (κ3) is 8.80. The quantitative estimate of drug-likeness (QED) is 0.299. The Morgan fingerprint density at radius 3 is 2.71 bits per heavy atom. The molecule has 0 rings (SSSR count). The number of hydrogen-bond donors (Lipinski definition) is 1. The van der Waals surface area contributed by atoms with E-state index in [4.69, 9.17) is 9.47 Å². The van der Waals surface area contributed by atoms with Crippen LogP contribution in [0.3, 0.4) is 0 Å². The van der Waals surface area contributed by atoms with Crippen molar-refractivity contribution >= 4 is 24.6 Å². The van der Waals surface area contributed by atoms with E-state index in [0.29, 0.717) is 13.0 Å². The van der Waals surface area contributed by atoms with Gasteiger partial charge in [-0.2, -0.15) is 12.6 Å². The van der Waals surface area contributed by atoms with Crippen LogP contribution in [-0.2, 0) is 19.1 Å². The van der Waals surface area contributed by atoms with Crippen molar-refractivity contribution in [1.82, 2.24) is 0 Å². The van der Waals surface area contributed by atoms with E-state index in [1.165, 1.54) is 6.08 Å². The average molecular weight is 260 g/mol. The molecule has 0 heterocycles. The molecule has 98 valence electrons. The zero-order chi connectivity index (χ0) is 13.1. The van der Waals surface area contributed by atoms with Crippen LogP contribution in [0.1, 0.15) is 32.6 Å². The minimum absolute atomic E-state index is 0.158. The Bertz CT molecular complexity index is 253. The average Bonchev–Trinajstić information content (AvgIpc) is 2.33. The van der Waals surface area contributed by atoms with Crippen LogP contribution < -0.4 is 0 Å². The number of esters is 2. The van der Waals surface area contributed by atoms with Crippen molar-refractivity contribution in [3.05, 3.63) is 12.7 Å². The predicted molar refractivity (Wildman–Crippen MR) is 69.0 cm³/mol. The molecule has 17 heavy (non-hydrogen) atoms. The molecule has 0 saturated carbocycles. The van der Waals surface area contributed by atoms with Gasteiger partial charge in [-0.1, -0.05) is 26.0 Å². The van der Waals surface area contributed by atoms with E-state index in [0.717, 1.165) is 12.8 Å². The molecule has 1 unspecified atom stereocenters. The van der Waals surface area contributed by atoms with Gasteiger partial charge in [0.15, 0.2) is 0 Å². The van der Waals surface area contributed by atoms with Crippen LogP contribution in [0.2, 0.25) is 0 Å². The Labute approximate surface area is 108 Å². The normalized spacial score (nSPS) is 11.6. The van der Waals surface area contributed by atoms with E-state index in [2.05, 4.69) is 19.2 Å². The van der Waals surface area contributed by atoms with Crippen LogP contribution in [0, 0.1) is 0 Å². The molecule has 5 heteroatoms. The fourth-order valence-corrected chi connectivity index (χ4v) is 1.21. The van der Waals surface area contributed by atoms with Gasteiger partial charge in [-0.25, -0.2) is 0 Å². The van der Waals surface area contributed by atoms with Gasteiger partial charge in [0.2, 0.25) is 0 Å². The molecule has 0 aromatic rings. The summed E-state index contributed by atoms with van der Waals surface area (Å²) in [7, 11) is 0. The molecule has 0 fully saturated rings. The van der Waals surface area contributed by atoms with Crippen LogP contribution in [0.25, 0.3) is 0 Å². The van der Waals surface area contributed by atoms with Crippen molar-refractivity contribution in [1.29, 1.82) is 0 Å². The van der Waals surface area contributed by atoms with Gasteiger partial charge in [0.1, 0.15) is 11.9 Å². The van der Waals surface area contributed by atoms with E-state index in [9.17, 15) is 9.59 Å². The van der Waals surface area contributed by atoms with Gasteiger partial charge in [-0.3, -0.25) is 9.59 Å². The summed E-state index contributed by atoms with van der Waals surface area (Å²) in [6.45, 7) is 6.05. The lowest BCUT2D eigenvalue weighted by molar-refractivity contribution is -0.144. The molecule has 0 amide bonds. The molecule has 0 spiro atoms. The highest BCUT2D eigenvalue weighted by Crippen LogP contribution is 2.08. The largest absolute Gasteiger partial charge is 0.465 e. The molecular weight excluding hydrogens is 240 g/mol. The lowest BCUT2D eigenvalue weighted by atomic mass is 10.2. The number of unbranched alkanes of at least 4 members (excludes halogenated alkanes) is 1. The van der Waals surface area contributed by atoms with Crippen LogP contribution in [0.15, 0.2) is 12.7 Å². The van der Waals surface area contributed by atoms with E-state index in [1.807, 2.05) is 6.92 Å². The van der Waals surface area contributed by atoms with Crippen molar-refractivity contribution in [2.45, 2.75) is 37.9 Å². The van der Waals surface area contributed by atoms with Crippen molar-refractivity contribution in [3.8, 4) is 0 Å². The molecule has 0 N–H and O–H groups in total. The monoisotopic (exact) mass is 260 g/mol. The zero-order valence-electron chi connectivity index (χ0n) is 10.2. The summed E-state index contributed by atoms with van der Waals surface area (Å²) in [6.07, 6.45) is 3.79. The number of ether oxygens (including phenoxy) is 2. The van der Waals surface area contributed by atoms with Crippen molar-refractivity contribution < 1.29 is 19.1 Å². The van der Waals surface area contributed by atoms with E-state index in [1.54, 1.807) is 0 Å². The molecule has 0 aliphatic rings. The van der Waals surface area contributed by atoms with Gasteiger partial charge in [-0.05, 0) is 12.8 Å². The summed E-state index contributed by atoms with van der Waals surface area (Å²) in [4.78, 5) is 22.5. The fourth-order valence-electron chi connectivity index (χ4n) is 1.01. The fraction of sp³-hybridized carbons (Fsp3) is 0.667. The summed E-state index contributed by atoms with van der Waals surface area (Å²) in [5.41, 5.74) is 0. The van der Waals surface area contributed by atoms with Crippen LogP contribution in [0.4, 0.5) is 0 Å². The van der Waals surface area contributed by atoms with Crippen molar-refractivity contribution in [3.63, 3.8) is 0 Å². The first-order chi connectivity index (χ1) is 8.11. The maximum atomic E-state index is 11.4. The van der Waals surface area contributed by atoms with Crippen LogP contribution >= 0.6 is 12.6 Å². The Balaban J connectivity index is 3.69. The maximum absolute atomic E-state index is 11.4. The van der Waals surface area contributed by atoms with Crippen LogP contribution in [0.5, 0.6) is 0 Å². The standard InChI is InChI=1S/C12H20O4S/c1-3-5-9-16-12(14)10(17)6-7-11(13)15-8-4-2/h4,10,17H,2-3,5-9H2,1H3. The van der Waals surface area contributed by atoms with Gasteiger partial charge < -0.3 is 9.47 Å². The third-order valence-corrected chi connectivity index (χ3v) is 2.47. The number of hydrogen-bond acceptors (Lipinski definition) is 5. The summed E-state index contributed by atoms with van der Waals surface area (Å²) >= 11 is 4.09. The lowest BCUT2D eigenvalue weighted by Gasteiger charge is -2.10. The molecule has 0 bridgehead atoms. The Morgan fingerprint density at radius 2 is 2.12 bits per heavy atom. The van der Waals surface area contributed by atoms with Crippen molar-refractivity contribution in [2.75, 3.05) is 13.2 Å². The number of rotatable bonds is 9. The molecule has 4 nitrogen and oxygen atoms in total. The molecule has 0 saturated heterocycles. The molecule has 0 radical (unpaired) electrons. The van der Waals surface area contributed by atoms with Crippen molar-refractivity contribution in [2.24, 2.45) is 0 Å². The van der Waals surface area contributed by atoms with Gasteiger partial charge >= 0.3 is 11.9 Å². The minimum Gasteiger partial charge on any atom is -0.465 e. The maximum Gasteiger partial charge on any atom is 0.318 e. The first-order valence-electron chi connectivity index (χ1n) is 5.73. The first kappa shape index (κ1) is 16.0. The van der Waals surface area contributed by atoms with E-state index in [-0.39, 0.29) is 25.0 Å². The zero-order valence-corrected chi connectivity index (χ0v) is 11.1. The SMILES string of the molecule is C=CCOC(=O)CCC(S)C(=O)OCCCC. The molecule has 0 aromatic carbocycles. The molecule has 1 atom stereocenters. The predicted octanol–water partition coefficient (Wildman–Crippen LogP) is 2.14. The number of carbonyl (C=O) groups is 2. The molecule has 0 aliphatic carbocycles. The van der Waals surface area contributed by atoms with Gasteiger partial charge in [0, 0.05) is 6.42 Å². The first-order valence-corrected chi connectivity index (χ1v) is 6.24. The van der Waals surface area contributed by atoms with Gasteiger partial charge in [-0.15, -0.1) is 0 Å². The summed E-state index contributed by atoms with van der Waals surface area (Å²) < 4.78 is 9.75. The van der Waals surface area contributed by atoms with Gasteiger partial charge in [0.25, 0.3) is 0 Å². The van der Waals surface area contributed by atoms with E-state index < -0.39 is 5.25 Å². The highest BCUT2D eigenvalue weighted by Gasteiger charge is 2.17.